The largest absolute Gasteiger partial charge is 0.358 e. The first kappa shape index (κ1) is 10.1. The fourth-order valence-electron chi connectivity index (χ4n) is 1.62. The van der Waals surface area contributed by atoms with E-state index in [-0.39, 0.29) is 18.2 Å². The predicted octanol–water partition coefficient (Wildman–Crippen LogP) is 0.420. The zero-order valence-corrected chi connectivity index (χ0v) is 8.57. The quantitative estimate of drug-likeness (QED) is 0.737. The molecule has 0 aromatic heterocycles. The number of carbonyl (C=O) groups is 1. The van der Waals surface area contributed by atoms with Gasteiger partial charge >= 0.3 is 0 Å². The molecular formula is C11H14N2O2. The summed E-state index contributed by atoms with van der Waals surface area (Å²) in [7, 11) is 1.62. The molecule has 1 aromatic carbocycles. The monoisotopic (exact) mass is 206 g/mol. The number of amides is 1. The van der Waals surface area contributed by atoms with Crippen LogP contribution in [-0.4, -0.2) is 25.6 Å². The van der Waals surface area contributed by atoms with Crippen molar-refractivity contribution in [3.05, 3.63) is 35.9 Å². The SMILES string of the molecule is CNC(=O)C1COC(c2ccccc2)N1. The van der Waals surface area contributed by atoms with Gasteiger partial charge in [0, 0.05) is 7.05 Å². The Kier molecular flexibility index (Phi) is 2.99. The Morgan fingerprint density at radius 3 is 2.87 bits per heavy atom. The molecule has 1 fully saturated rings. The number of likely N-dealkylation sites (N-methyl/N-ethyl adjacent to an activating group) is 1. The highest BCUT2D eigenvalue weighted by Gasteiger charge is 2.29. The summed E-state index contributed by atoms with van der Waals surface area (Å²) in [5.74, 6) is -0.0339. The summed E-state index contributed by atoms with van der Waals surface area (Å²) in [6.07, 6.45) is -0.173. The van der Waals surface area contributed by atoms with Gasteiger partial charge in [-0.05, 0) is 5.56 Å². The predicted molar refractivity (Wildman–Crippen MR) is 56.1 cm³/mol. The molecule has 0 saturated carbocycles. The molecule has 2 N–H and O–H groups in total. The van der Waals surface area contributed by atoms with Crippen LogP contribution in [-0.2, 0) is 9.53 Å². The minimum absolute atomic E-state index is 0.0339. The number of benzene rings is 1. The minimum Gasteiger partial charge on any atom is -0.358 e. The van der Waals surface area contributed by atoms with Crippen molar-refractivity contribution in [2.75, 3.05) is 13.7 Å². The lowest BCUT2D eigenvalue weighted by Crippen LogP contribution is -2.40. The molecule has 0 spiro atoms. The second kappa shape index (κ2) is 4.42. The highest BCUT2D eigenvalue weighted by Crippen LogP contribution is 2.19. The molecule has 80 valence electrons. The summed E-state index contributed by atoms with van der Waals surface area (Å²) in [5.41, 5.74) is 1.05. The van der Waals surface area contributed by atoms with E-state index in [4.69, 9.17) is 4.74 Å². The zero-order chi connectivity index (χ0) is 10.7. The standard InChI is InChI=1S/C11H14N2O2/c1-12-10(14)9-7-15-11(13-9)8-5-3-2-4-6-8/h2-6,9,11,13H,7H2,1H3,(H,12,14). The molecule has 2 rings (SSSR count). The third kappa shape index (κ3) is 2.16. The van der Waals surface area contributed by atoms with E-state index in [2.05, 4.69) is 10.6 Å². The second-order valence-electron chi connectivity index (χ2n) is 3.46. The molecule has 0 bridgehead atoms. The molecule has 1 aromatic rings. The minimum atomic E-state index is -0.250. The second-order valence-corrected chi connectivity index (χ2v) is 3.46. The summed E-state index contributed by atoms with van der Waals surface area (Å²) in [6, 6.07) is 9.56. The van der Waals surface area contributed by atoms with Gasteiger partial charge in [0.15, 0.2) is 0 Å². The molecule has 0 aliphatic carbocycles. The number of hydrogen-bond acceptors (Lipinski definition) is 3. The van der Waals surface area contributed by atoms with Crippen molar-refractivity contribution in [3.63, 3.8) is 0 Å². The normalized spacial score (nSPS) is 25.1. The molecule has 1 amide bonds. The topological polar surface area (TPSA) is 50.4 Å². The number of hydrogen-bond donors (Lipinski definition) is 2. The van der Waals surface area contributed by atoms with Gasteiger partial charge < -0.3 is 10.1 Å². The van der Waals surface area contributed by atoms with Gasteiger partial charge in [-0.1, -0.05) is 30.3 Å². The Bertz CT molecular complexity index is 340. The van der Waals surface area contributed by atoms with Crippen LogP contribution >= 0.6 is 0 Å². The third-order valence-electron chi connectivity index (χ3n) is 2.45. The fraction of sp³-hybridized carbons (Fsp3) is 0.364. The molecular weight excluding hydrogens is 192 g/mol. The lowest BCUT2D eigenvalue weighted by Gasteiger charge is -2.11. The van der Waals surface area contributed by atoms with Gasteiger partial charge in [0.2, 0.25) is 5.91 Å². The van der Waals surface area contributed by atoms with Crippen molar-refractivity contribution in [3.8, 4) is 0 Å². The van der Waals surface area contributed by atoms with E-state index < -0.39 is 0 Å². The van der Waals surface area contributed by atoms with Crippen LogP contribution in [0.15, 0.2) is 30.3 Å². The van der Waals surface area contributed by atoms with Gasteiger partial charge in [-0.2, -0.15) is 0 Å². The first-order valence-corrected chi connectivity index (χ1v) is 4.95. The van der Waals surface area contributed by atoms with E-state index in [0.717, 1.165) is 5.56 Å². The Hall–Kier alpha value is -1.39. The molecule has 2 atom stereocenters. The molecule has 0 radical (unpaired) electrons. The van der Waals surface area contributed by atoms with E-state index in [0.29, 0.717) is 6.61 Å². The first-order chi connectivity index (χ1) is 7.31. The fourth-order valence-corrected chi connectivity index (χ4v) is 1.62. The van der Waals surface area contributed by atoms with E-state index in [1.807, 2.05) is 30.3 Å². The van der Waals surface area contributed by atoms with Crippen molar-refractivity contribution in [2.24, 2.45) is 0 Å². The number of nitrogens with one attached hydrogen (secondary N) is 2. The van der Waals surface area contributed by atoms with Crippen molar-refractivity contribution < 1.29 is 9.53 Å². The summed E-state index contributed by atoms with van der Waals surface area (Å²) < 4.78 is 5.50. The lowest BCUT2D eigenvalue weighted by atomic mass is 10.2. The molecule has 1 saturated heterocycles. The van der Waals surface area contributed by atoms with Crippen LogP contribution in [0.2, 0.25) is 0 Å². The van der Waals surface area contributed by atoms with E-state index in [1.54, 1.807) is 7.05 Å². The summed E-state index contributed by atoms with van der Waals surface area (Å²) in [4.78, 5) is 11.3. The van der Waals surface area contributed by atoms with E-state index in [1.165, 1.54) is 0 Å². The van der Waals surface area contributed by atoms with E-state index >= 15 is 0 Å². The van der Waals surface area contributed by atoms with Crippen LogP contribution in [0.1, 0.15) is 11.8 Å². The van der Waals surface area contributed by atoms with Gasteiger partial charge in [-0.25, -0.2) is 0 Å². The molecule has 15 heavy (non-hydrogen) atoms. The van der Waals surface area contributed by atoms with Gasteiger partial charge in [-0.15, -0.1) is 0 Å². The van der Waals surface area contributed by atoms with Gasteiger partial charge in [0.25, 0.3) is 0 Å². The van der Waals surface area contributed by atoms with Crippen LogP contribution in [0.25, 0.3) is 0 Å². The first-order valence-electron chi connectivity index (χ1n) is 4.95. The summed E-state index contributed by atoms with van der Waals surface area (Å²) >= 11 is 0. The highest BCUT2D eigenvalue weighted by molar-refractivity contribution is 5.81. The maximum Gasteiger partial charge on any atom is 0.239 e. The third-order valence-corrected chi connectivity index (χ3v) is 2.45. The van der Waals surface area contributed by atoms with E-state index in [9.17, 15) is 4.79 Å². The van der Waals surface area contributed by atoms with Crippen LogP contribution in [0.3, 0.4) is 0 Å². The van der Waals surface area contributed by atoms with Crippen molar-refractivity contribution in [2.45, 2.75) is 12.3 Å². The Morgan fingerprint density at radius 2 is 2.20 bits per heavy atom. The van der Waals surface area contributed by atoms with Crippen molar-refractivity contribution >= 4 is 5.91 Å². The van der Waals surface area contributed by atoms with Gasteiger partial charge in [0.05, 0.1) is 6.61 Å². The Morgan fingerprint density at radius 1 is 1.47 bits per heavy atom. The number of rotatable bonds is 2. The maximum atomic E-state index is 11.3. The maximum absolute atomic E-state index is 11.3. The van der Waals surface area contributed by atoms with Crippen LogP contribution in [0.5, 0.6) is 0 Å². The van der Waals surface area contributed by atoms with Crippen molar-refractivity contribution in [1.29, 1.82) is 0 Å². The van der Waals surface area contributed by atoms with Crippen LogP contribution in [0.4, 0.5) is 0 Å². The average Bonchev–Trinajstić information content (AvgIpc) is 2.78. The molecule has 4 heteroatoms. The highest BCUT2D eigenvalue weighted by atomic mass is 16.5. The van der Waals surface area contributed by atoms with Gasteiger partial charge in [-0.3, -0.25) is 10.1 Å². The summed E-state index contributed by atoms with van der Waals surface area (Å²) in [6.45, 7) is 0.416. The molecule has 4 nitrogen and oxygen atoms in total. The lowest BCUT2D eigenvalue weighted by molar-refractivity contribution is -0.122. The molecule has 1 aliphatic heterocycles. The Labute approximate surface area is 88.6 Å². The van der Waals surface area contributed by atoms with Crippen molar-refractivity contribution in [1.82, 2.24) is 10.6 Å². The van der Waals surface area contributed by atoms with Crippen LogP contribution < -0.4 is 10.6 Å². The number of ether oxygens (including phenoxy) is 1. The number of carbonyl (C=O) groups excluding carboxylic acids is 1. The zero-order valence-electron chi connectivity index (χ0n) is 8.57. The molecule has 1 aliphatic rings. The smallest absolute Gasteiger partial charge is 0.239 e. The van der Waals surface area contributed by atoms with Gasteiger partial charge in [0.1, 0.15) is 12.3 Å². The van der Waals surface area contributed by atoms with Crippen LogP contribution in [0, 0.1) is 0 Å². The molecule has 1 heterocycles. The summed E-state index contributed by atoms with van der Waals surface area (Å²) in [5, 5.41) is 5.72. The Balaban J connectivity index is 2.02. The average molecular weight is 206 g/mol. The molecule has 2 unspecified atom stereocenters.